The molecule has 0 bridgehead atoms. The van der Waals surface area contributed by atoms with Crippen LogP contribution < -0.4 is 10.6 Å². The smallest absolute Gasteiger partial charge is 0.294 e. The highest BCUT2D eigenvalue weighted by Gasteiger charge is 2.20. The van der Waals surface area contributed by atoms with Crippen molar-refractivity contribution >= 4 is 28.9 Å². The van der Waals surface area contributed by atoms with Gasteiger partial charge in [0.1, 0.15) is 5.69 Å². The molecule has 1 fully saturated rings. The molecule has 2 N–H and O–H groups in total. The number of amides is 1. The number of carbonyl (C=O) groups is 1. The molecule has 6 nitrogen and oxygen atoms in total. The number of halogens is 1. The first-order valence-electron chi connectivity index (χ1n) is 6.51. The van der Waals surface area contributed by atoms with E-state index in [2.05, 4.69) is 10.6 Å². The topological polar surface area (TPSA) is 84.3 Å². The molecule has 1 aromatic carbocycles. The van der Waals surface area contributed by atoms with E-state index in [9.17, 15) is 14.9 Å². The number of nitrogens with zero attached hydrogens (tertiary/aromatic N) is 1. The van der Waals surface area contributed by atoms with Crippen molar-refractivity contribution in [3.05, 3.63) is 33.3 Å². The summed E-state index contributed by atoms with van der Waals surface area (Å²) in [6.45, 7) is 1.80. The van der Waals surface area contributed by atoms with Gasteiger partial charge in [-0.25, -0.2) is 0 Å². The van der Waals surface area contributed by atoms with Crippen LogP contribution in [-0.2, 0) is 4.79 Å². The number of nitro benzene ring substituents is 1. The molecule has 1 aliphatic heterocycles. The largest absolute Gasteiger partial charge is 0.320 e. The Kier molecular flexibility index (Phi) is 4.92. The average molecular weight is 298 g/mol. The third-order valence-electron chi connectivity index (χ3n) is 3.30. The molecule has 0 spiro atoms. The monoisotopic (exact) mass is 297 g/mol. The Bertz CT molecular complexity index is 516. The van der Waals surface area contributed by atoms with Gasteiger partial charge in [0.25, 0.3) is 5.69 Å². The first-order valence-corrected chi connectivity index (χ1v) is 6.88. The molecular weight excluding hydrogens is 282 g/mol. The van der Waals surface area contributed by atoms with Crippen LogP contribution in [0.15, 0.2) is 18.2 Å². The number of rotatable bonds is 4. The van der Waals surface area contributed by atoms with E-state index in [1.807, 2.05) is 0 Å². The fourth-order valence-electron chi connectivity index (χ4n) is 2.32. The van der Waals surface area contributed by atoms with Crippen LogP contribution in [0.4, 0.5) is 11.4 Å². The Hall–Kier alpha value is -1.66. The van der Waals surface area contributed by atoms with Gasteiger partial charge in [0.15, 0.2) is 0 Å². The van der Waals surface area contributed by atoms with Crippen LogP contribution in [0.5, 0.6) is 0 Å². The predicted octanol–water partition coefficient (Wildman–Crippen LogP) is 2.58. The van der Waals surface area contributed by atoms with Gasteiger partial charge in [-0.1, -0.05) is 11.6 Å². The first-order chi connectivity index (χ1) is 9.56. The molecule has 2 rings (SSSR count). The molecule has 1 atom stereocenters. The van der Waals surface area contributed by atoms with E-state index in [-0.39, 0.29) is 28.2 Å². The number of hydrogen-bond donors (Lipinski definition) is 2. The van der Waals surface area contributed by atoms with Crippen LogP contribution in [0.2, 0.25) is 5.02 Å². The molecule has 1 amide bonds. The average Bonchev–Trinajstić information content (AvgIpc) is 2.41. The van der Waals surface area contributed by atoms with Gasteiger partial charge < -0.3 is 10.6 Å². The van der Waals surface area contributed by atoms with E-state index in [1.54, 1.807) is 0 Å². The van der Waals surface area contributed by atoms with E-state index in [0.29, 0.717) is 6.42 Å². The summed E-state index contributed by atoms with van der Waals surface area (Å²) in [6, 6.07) is 4.21. The zero-order valence-corrected chi connectivity index (χ0v) is 11.7. The summed E-state index contributed by atoms with van der Waals surface area (Å²) in [5.41, 5.74) is 0.000729. The van der Waals surface area contributed by atoms with Crippen molar-refractivity contribution < 1.29 is 9.72 Å². The Morgan fingerprint density at radius 1 is 1.55 bits per heavy atom. The summed E-state index contributed by atoms with van der Waals surface area (Å²) in [6.07, 6.45) is 2.43. The van der Waals surface area contributed by atoms with Crippen LogP contribution in [0.3, 0.4) is 0 Å². The van der Waals surface area contributed by atoms with Crippen molar-refractivity contribution in [1.82, 2.24) is 5.32 Å². The minimum absolute atomic E-state index is 0.187. The predicted molar refractivity (Wildman–Crippen MR) is 76.9 cm³/mol. The number of benzene rings is 1. The van der Waals surface area contributed by atoms with E-state index in [1.165, 1.54) is 18.2 Å². The standard InChI is InChI=1S/C13H16ClN3O3/c14-10-3-4-11(12(7-10)17(19)20)16-13(18)6-9-2-1-5-15-8-9/h3-4,7,9,15H,1-2,5-6,8H2,(H,16,18). The minimum atomic E-state index is -0.552. The van der Waals surface area contributed by atoms with Crippen LogP contribution in [0, 0.1) is 16.0 Å². The van der Waals surface area contributed by atoms with Gasteiger partial charge in [0.2, 0.25) is 5.91 Å². The summed E-state index contributed by atoms with van der Waals surface area (Å²) in [5, 5.41) is 17.0. The Balaban J connectivity index is 2.01. The van der Waals surface area contributed by atoms with Crippen molar-refractivity contribution in [2.24, 2.45) is 5.92 Å². The molecule has 0 saturated carbocycles. The normalized spacial score (nSPS) is 18.6. The fraction of sp³-hybridized carbons (Fsp3) is 0.462. The van der Waals surface area contributed by atoms with Crippen LogP contribution >= 0.6 is 11.6 Å². The molecule has 108 valence electrons. The Morgan fingerprint density at radius 3 is 3.00 bits per heavy atom. The summed E-state index contributed by atoms with van der Waals surface area (Å²) < 4.78 is 0. The van der Waals surface area contributed by atoms with Crippen molar-refractivity contribution in [3.63, 3.8) is 0 Å². The van der Waals surface area contributed by atoms with Crippen molar-refractivity contribution in [3.8, 4) is 0 Å². The zero-order valence-electron chi connectivity index (χ0n) is 10.9. The van der Waals surface area contributed by atoms with Gasteiger partial charge in [-0.05, 0) is 44.0 Å². The molecule has 7 heteroatoms. The van der Waals surface area contributed by atoms with Crippen LogP contribution in [-0.4, -0.2) is 23.9 Å². The molecule has 0 radical (unpaired) electrons. The second-order valence-corrected chi connectivity index (χ2v) is 5.32. The summed E-state index contributed by atoms with van der Waals surface area (Å²) in [5.74, 6) is 0.0826. The highest BCUT2D eigenvalue weighted by atomic mass is 35.5. The van der Waals surface area contributed by atoms with Crippen LogP contribution in [0.25, 0.3) is 0 Å². The van der Waals surface area contributed by atoms with E-state index < -0.39 is 4.92 Å². The van der Waals surface area contributed by atoms with Crippen molar-refractivity contribution in [1.29, 1.82) is 0 Å². The maximum Gasteiger partial charge on any atom is 0.294 e. The van der Waals surface area contributed by atoms with Gasteiger partial charge in [-0.15, -0.1) is 0 Å². The van der Waals surface area contributed by atoms with Gasteiger partial charge in [-0.3, -0.25) is 14.9 Å². The number of carbonyl (C=O) groups excluding carboxylic acids is 1. The Labute approximate surface area is 121 Å². The molecule has 0 aliphatic carbocycles. The lowest BCUT2D eigenvalue weighted by atomic mass is 9.96. The number of nitrogens with one attached hydrogen (secondary N) is 2. The molecule has 1 unspecified atom stereocenters. The number of anilines is 1. The number of nitro groups is 1. The highest BCUT2D eigenvalue weighted by Crippen LogP contribution is 2.28. The maximum atomic E-state index is 11.9. The number of piperidine rings is 1. The molecule has 1 saturated heterocycles. The van der Waals surface area contributed by atoms with Crippen LogP contribution in [0.1, 0.15) is 19.3 Å². The zero-order chi connectivity index (χ0) is 14.5. The molecule has 0 aromatic heterocycles. The maximum absolute atomic E-state index is 11.9. The van der Waals surface area contributed by atoms with Gasteiger partial charge in [0, 0.05) is 17.5 Å². The third kappa shape index (κ3) is 3.91. The molecule has 1 aliphatic rings. The lowest BCUT2D eigenvalue weighted by Crippen LogP contribution is -2.32. The van der Waals surface area contributed by atoms with E-state index in [4.69, 9.17) is 11.6 Å². The molecular formula is C13H16ClN3O3. The molecule has 1 heterocycles. The van der Waals surface area contributed by atoms with E-state index in [0.717, 1.165) is 25.9 Å². The number of hydrogen-bond acceptors (Lipinski definition) is 4. The quantitative estimate of drug-likeness (QED) is 0.661. The Morgan fingerprint density at radius 2 is 2.35 bits per heavy atom. The molecule has 1 aromatic rings. The second kappa shape index (κ2) is 6.67. The van der Waals surface area contributed by atoms with E-state index >= 15 is 0 Å². The summed E-state index contributed by atoms with van der Waals surface area (Å²) >= 11 is 5.73. The lowest BCUT2D eigenvalue weighted by molar-refractivity contribution is -0.383. The lowest BCUT2D eigenvalue weighted by Gasteiger charge is -2.22. The van der Waals surface area contributed by atoms with Crippen molar-refractivity contribution in [2.75, 3.05) is 18.4 Å². The molecule has 20 heavy (non-hydrogen) atoms. The summed E-state index contributed by atoms with van der Waals surface area (Å²) in [4.78, 5) is 22.3. The van der Waals surface area contributed by atoms with Crippen molar-refractivity contribution in [2.45, 2.75) is 19.3 Å². The SMILES string of the molecule is O=C(CC1CCCNC1)Nc1ccc(Cl)cc1[N+](=O)[O-]. The van der Waals surface area contributed by atoms with Gasteiger partial charge in [0.05, 0.1) is 4.92 Å². The second-order valence-electron chi connectivity index (χ2n) is 4.88. The highest BCUT2D eigenvalue weighted by molar-refractivity contribution is 6.31. The van der Waals surface area contributed by atoms with Gasteiger partial charge in [-0.2, -0.15) is 0 Å². The minimum Gasteiger partial charge on any atom is -0.320 e. The van der Waals surface area contributed by atoms with Gasteiger partial charge >= 0.3 is 0 Å². The summed E-state index contributed by atoms with van der Waals surface area (Å²) in [7, 11) is 0. The fourth-order valence-corrected chi connectivity index (χ4v) is 2.49. The first kappa shape index (κ1) is 14.7. The third-order valence-corrected chi connectivity index (χ3v) is 3.54.